The van der Waals surface area contributed by atoms with Gasteiger partial charge in [0.05, 0.1) is 12.6 Å². The third kappa shape index (κ3) is 2.34. The molecule has 1 saturated carbocycles. The molecule has 0 aromatic carbocycles. The van der Waals surface area contributed by atoms with Crippen molar-refractivity contribution in [3.05, 3.63) is 0 Å². The van der Waals surface area contributed by atoms with Crippen molar-refractivity contribution in [2.45, 2.75) is 44.2 Å². The first kappa shape index (κ1) is 14.3. The molecule has 2 fully saturated rings. The SMILES string of the molecule is COC(C)CN1C(=O)NC2(CCCCC2CN)C1=O. The molecule has 6 nitrogen and oxygen atoms in total. The Kier molecular flexibility index (Phi) is 4.10. The van der Waals surface area contributed by atoms with Crippen LogP contribution in [0.2, 0.25) is 0 Å². The van der Waals surface area contributed by atoms with Gasteiger partial charge in [0.15, 0.2) is 0 Å². The number of rotatable bonds is 4. The standard InChI is InChI=1S/C13H23N3O3/c1-9(19-2)8-16-11(17)13(15-12(16)18)6-4-3-5-10(13)7-14/h9-10H,3-8,14H2,1-2H3,(H,15,18). The second kappa shape index (κ2) is 5.46. The molecule has 1 aliphatic heterocycles. The number of nitrogens with two attached hydrogens (primary N) is 1. The maximum absolute atomic E-state index is 12.6. The highest BCUT2D eigenvalue weighted by molar-refractivity contribution is 6.07. The summed E-state index contributed by atoms with van der Waals surface area (Å²) in [6.07, 6.45) is 3.45. The summed E-state index contributed by atoms with van der Waals surface area (Å²) in [5, 5.41) is 2.90. The molecule has 2 rings (SSSR count). The first-order valence-electron chi connectivity index (χ1n) is 6.92. The quantitative estimate of drug-likeness (QED) is 0.726. The number of methoxy groups -OCH3 is 1. The van der Waals surface area contributed by atoms with Crippen LogP contribution in [-0.4, -0.2) is 48.7 Å². The van der Waals surface area contributed by atoms with Gasteiger partial charge in [-0.05, 0) is 26.3 Å². The monoisotopic (exact) mass is 269 g/mol. The van der Waals surface area contributed by atoms with Crippen LogP contribution >= 0.6 is 0 Å². The van der Waals surface area contributed by atoms with E-state index in [1.165, 1.54) is 4.90 Å². The van der Waals surface area contributed by atoms with Gasteiger partial charge in [0.2, 0.25) is 0 Å². The Morgan fingerprint density at radius 1 is 1.53 bits per heavy atom. The second-order valence-corrected chi connectivity index (χ2v) is 5.54. The van der Waals surface area contributed by atoms with Gasteiger partial charge in [-0.15, -0.1) is 0 Å². The van der Waals surface area contributed by atoms with Gasteiger partial charge < -0.3 is 15.8 Å². The van der Waals surface area contributed by atoms with E-state index in [1.54, 1.807) is 7.11 Å². The highest BCUT2D eigenvalue weighted by atomic mass is 16.5. The molecule has 3 amide bonds. The van der Waals surface area contributed by atoms with E-state index in [4.69, 9.17) is 10.5 Å². The zero-order chi connectivity index (χ0) is 14.0. The van der Waals surface area contributed by atoms with Gasteiger partial charge in [0.25, 0.3) is 5.91 Å². The number of hydrogen-bond acceptors (Lipinski definition) is 4. The van der Waals surface area contributed by atoms with Crippen molar-refractivity contribution in [1.82, 2.24) is 10.2 Å². The van der Waals surface area contributed by atoms with Crippen molar-refractivity contribution >= 4 is 11.9 Å². The summed E-state index contributed by atoms with van der Waals surface area (Å²) >= 11 is 0. The van der Waals surface area contributed by atoms with Crippen LogP contribution in [0, 0.1) is 5.92 Å². The number of hydrogen-bond donors (Lipinski definition) is 2. The van der Waals surface area contributed by atoms with Gasteiger partial charge in [0, 0.05) is 13.0 Å². The molecule has 3 unspecified atom stereocenters. The minimum Gasteiger partial charge on any atom is -0.380 e. The van der Waals surface area contributed by atoms with Crippen LogP contribution in [-0.2, 0) is 9.53 Å². The number of carbonyl (C=O) groups is 2. The van der Waals surface area contributed by atoms with Crippen LogP contribution in [0.3, 0.4) is 0 Å². The minimum atomic E-state index is -0.766. The molecule has 1 spiro atoms. The molecule has 6 heteroatoms. The summed E-state index contributed by atoms with van der Waals surface area (Å²) in [7, 11) is 1.57. The average molecular weight is 269 g/mol. The van der Waals surface area contributed by atoms with Gasteiger partial charge in [-0.25, -0.2) is 4.79 Å². The summed E-state index contributed by atoms with van der Waals surface area (Å²) in [5.41, 5.74) is 5.03. The predicted octanol–water partition coefficient (Wildman–Crippen LogP) is 0.461. The highest BCUT2D eigenvalue weighted by Gasteiger charge is 2.55. The molecule has 19 heavy (non-hydrogen) atoms. The van der Waals surface area contributed by atoms with Crippen molar-refractivity contribution in [2.24, 2.45) is 11.7 Å². The van der Waals surface area contributed by atoms with Crippen LogP contribution in [0.25, 0.3) is 0 Å². The molecule has 108 valence electrons. The van der Waals surface area contributed by atoms with Crippen molar-refractivity contribution in [3.8, 4) is 0 Å². The first-order valence-corrected chi connectivity index (χ1v) is 6.92. The number of amides is 3. The molecule has 0 aromatic rings. The van der Waals surface area contributed by atoms with Crippen molar-refractivity contribution in [1.29, 1.82) is 0 Å². The summed E-state index contributed by atoms with van der Waals surface area (Å²) in [5.74, 6) is -0.0860. The fraction of sp³-hybridized carbons (Fsp3) is 0.846. The Labute approximate surface area is 113 Å². The summed E-state index contributed by atoms with van der Waals surface area (Å²) < 4.78 is 5.14. The Balaban J connectivity index is 2.20. The third-order valence-electron chi connectivity index (χ3n) is 4.40. The molecule has 2 aliphatic rings. The maximum Gasteiger partial charge on any atom is 0.325 e. The Morgan fingerprint density at radius 3 is 2.89 bits per heavy atom. The van der Waals surface area contributed by atoms with E-state index < -0.39 is 5.54 Å². The van der Waals surface area contributed by atoms with Gasteiger partial charge in [-0.3, -0.25) is 9.69 Å². The minimum absolute atomic E-state index is 0.0422. The summed E-state index contributed by atoms with van der Waals surface area (Å²) in [6.45, 7) is 2.56. The molecular formula is C13H23N3O3. The number of carbonyl (C=O) groups excluding carboxylic acids is 2. The highest BCUT2D eigenvalue weighted by Crippen LogP contribution is 2.38. The average Bonchev–Trinajstić information content (AvgIpc) is 2.64. The van der Waals surface area contributed by atoms with Crippen LogP contribution in [0.5, 0.6) is 0 Å². The van der Waals surface area contributed by atoms with E-state index >= 15 is 0 Å². The Hall–Kier alpha value is -1.14. The zero-order valence-electron chi connectivity index (χ0n) is 11.6. The van der Waals surface area contributed by atoms with Gasteiger partial charge >= 0.3 is 6.03 Å². The van der Waals surface area contributed by atoms with Crippen molar-refractivity contribution in [3.63, 3.8) is 0 Å². The lowest BCUT2D eigenvalue weighted by molar-refractivity contribution is -0.135. The van der Waals surface area contributed by atoms with Crippen LogP contribution < -0.4 is 11.1 Å². The molecule has 1 saturated heterocycles. The van der Waals surface area contributed by atoms with E-state index in [1.807, 2.05) is 6.92 Å². The molecular weight excluding hydrogens is 246 g/mol. The molecule has 0 aromatic heterocycles. The Bertz CT molecular complexity index is 374. The molecule has 3 N–H and O–H groups in total. The summed E-state index contributed by atoms with van der Waals surface area (Å²) in [6, 6.07) is -0.311. The topological polar surface area (TPSA) is 84.7 Å². The molecule has 1 aliphatic carbocycles. The van der Waals surface area contributed by atoms with E-state index in [0.717, 1.165) is 19.3 Å². The third-order valence-corrected chi connectivity index (χ3v) is 4.40. The number of imide groups is 1. The first-order chi connectivity index (χ1) is 9.05. The van der Waals surface area contributed by atoms with E-state index in [0.29, 0.717) is 19.5 Å². The number of urea groups is 1. The zero-order valence-corrected chi connectivity index (χ0v) is 11.6. The van der Waals surface area contributed by atoms with Crippen LogP contribution in [0.4, 0.5) is 4.79 Å². The van der Waals surface area contributed by atoms with Crippen molar-refractivity contribution in [2.75, 3.05) is 20.2 Å². The lowest BCUT2D eigenvalue weighted by Crippen LogP contribution is -2.57. The number of nitrogens with zero attached hydrogens (tertiary/aromatic N) is 1. The molecule has 3 atom stereocenters. The second-order valence-electron chi connectivity index (χ2n) is 5.54. The number of ether oxygens (including phenoxy) is 1. The largest absolute Gasteiger partial charge is 0.380 e. The van der Waals surface area contributed by atoms with Gasteiger partial charge in [-0.2, -0.15) is 0 Å². The Morgan fingerprint density at radius 2 is 2.26 bits per heavy atom. The number of nitrogens with one attached hydrogen (secondary N) is 1. The smallest absolute Gasteiger partial charge is 0.325 e. The lowest BCUT2D eigenvalue weighted by atomic mass is 9.72. The molecule has 0 bridgehead atoms. The summed E-state index contributed by atoms with van der Waals surface area (Å²) in [4.78, 5) is 26.0. The van der Waals surface area contributed by atoms with Crippen molar-refractivity contribution < 1.29 is 14.3 Å². The maximum atomic E-state index is 12.6. The van der Waals surface area contributed by atoms with Crippen LogP contribution in [0.15, 0.2) is 0 Å². The van der Waals surface area contributed by atoms with E-state index in [9.17, 15) is 9.59 Å². The van der Waals surface area contributed by atoms with Gasteiger partial charge in [0.1, 0.15) is 5.54 Å². The van der Waals surface area contributed by atoms with E-state index in [2.05, 4.69) is 5.32 Å². The lowest BCUT2D eigenvalue weighted by Gasteiger charge is -2.38. The predicted molar refractivity (Wildman–Crippen MR) is 70.5 cm³/mol. The van der Waals surface area contributed by atoms with E-state index in [-0.39, 0.29) is 24.0 Å². The normalized spacial score (nSPS) is 32.8. The molecule has 1 heterocycles. The fourth-order valence-corrected chi connectivity index (χ4v) is 3.15. The van der Waals surface area contributed by atoms with Gasteiger partial charge in [-0.1, -0.05) is 12.8 Å². The molecule has 0 radical (unpaired) electrons. The van der Waals surface area contributed by atoms with Crippen LogP contribution in [0.1, 0.15) is 32.6 Å². The fourth-order valence-electron chi connectivity index (χ4n) is 3.15.